The standard InChI is InChI=1S/C52H33N3/c1-3-13-35(14-4-1)47-33-50(54-52(53-47)36-15-5-2-6-16-36)55-48-21-10-9-19-46(48)51-45-28-26-40(32-42(45)27-29-49(51)55)37-22-23-39-31-41(25-24-38(39)30-37)44-20-11-17-34-12-7-8-18-43(34)44/h1-33H. The zero-order valence-corrected chi connectivity index (χ0v) is 29.9. The van der Waals surface area contributed by atoms with Gasteiger partial charge in [-0.2, -0.15) is 0 Å². The van der Waals surface area contributed by atoms with Crippen LogP contribution in [-0.2, 0) is 0 Å². The van der Waals surface area contributed by atoms with Crippen LogP contribution in [0.1, 0.15) is 0 Å². The minimum absolute atomic E-state index is 0.702. The smallest absolute Gasteiger partial charge is 0.162 e. The molecule has 0 saturated heterocycles. The van der Waals surface area contributed by atoms with Crippen LogP contribution in [0.2, 0.25) is 0 Å². The Bertz CT molecular complexity index is 3190. The minimum Gasteiger partial charge on any atom is -0.294 e. The minimum atomic E-state index is 0.702. The first-order chi connectivity index (χ1) is 27.2. The van der Waals surface area contributed by atoms with E-state index in [1.54, 1.807) is 0 Å². The monoisotopic (exact) mass is 699 g/mol. The van der Waals surface area contributed by atoms with Gasteiger partial charge in [0.05, 0.1) is 16.7 Å². The molecule has 0 spiro atoms. The molecule has 9 aromatic carbocycles. The molecule has 0 aliphatic carbocycles. The average molecular weight is 700 g/mol. The topological polar surface area (TPSA) is 30.7 Å². The fourth-order valence-corrected chi connectivity index (χ4v) is 8.32. The maximum Gasteiger partial charge on any atom is 0.162 e. The molecule has 0 amide bonds. The summed E-state index contributed by atoms with van der Waals surface area (Å²) >= 11 is 0. The zero-order valence-electron chi connectivity index (χ0n) is 29.9. The van der Waals surface area contributed by atoms with E-state index >= 15 is 0 Å². The number of benzene rings is 9. The molecule has 0 bridgehead atoms. The van der Waals surface area contributed by atoms with Crippen molar-refractivity contribution in [3.05, 3.63) is 200 Å². The van der Waals surface area contributed by atoms with Crippen molar-refractivity contribution in [1.29, 1.82) is 0 Å². The van der Waals surface area contributed by atoms with Crippen LogP contribution >= 0.6 is 0 Å². The Morgan fingerprint density at radius 1 is 0.327 bits per heavy atom. The molecule has 2 aromatic heterocycles. The highest BCUT2D eigenvalue weighted by atomic mass is 15.1. The van der Waals surface area contributed by atoms with Gasteiger partial charge in [0.15, 0.2) is 5.82 Å². The Kier molecular flexibility index (Phi) is 7.17. The van der Waals surface area contributed by atoms with Gasteiger partial charge in [0.2, 0.25) is 0 Å². The Labute approximate surface area is 318 Å². The van der Waals surface area contributed by atoms with E-state index in [1.807, 2.05) is 24.3 Å². The van der Waals surface area contributed by atoms with Gasteiger partial charge in [-0.1, -0.05) is 164 Å². The number of fused-ring (bicyclic) bond motifs is 7. The van der Waals surface area contributed by atoms with Crippen LogP contribution in [0.15, 0.2) is 200 Å². The molecule has 3 nitrogen and oxygen atoms in total. The van der Waals surface area contributed by atoms with E-state index in [1.165, 1.54) is 65.3 Å². The second-order valence-corrected chi connectivity index (χ2v) is 14.2. The normalized spacial score (nSPS) is 11.6. The SMILES string of the molecule is c1ccc(-c2cc(-n3c4ccccc4c4c5ccc(-c6ccc7cc(-c8cccc9ccccc89)ccc7c6)cc5ccc43)nc(-c3ccccc3)n2)cc1. The number of rotatable bonds is 5. The first-order valence-corrected chi connectivity index (χ1v) is 18.7. The molecule has 0 unspecified atom stereocenters. The van der Waals surface area contributed by atoms with Crippen LogP contribution in [-0.4, -0.2) is 14.5 Å². The van der Waals surface area contributed by atoms with E-state index in [4.69, 9.17) is 9.97 Å². The second kappa shape index (κ2) is 12.6. The summed E-state index contributed by atoms with van der Waals surface area (Å²) < 4.78 is 2.30. The van der Waals surface area contributed by atoms with E-state index in [0.29, 0.717) is 5.82 Å². The summed E-state index contributed by atoms with van der Waals surface area (Å²) in [6.45, 7) is 0. The molecule has 3 heteroatoms. The van der Waals surface area contributed by atoms with Crippen molar-refractivity contribution in [3.8, 4) is 50.7 Å². The molecule has 55 heavy (non-hydrogen) atoms. The summed E-state index contributed by atoms with van der Waals surface area (Å²) in [5.74, 6) is 1.54. The number of nitrogens with zero attached hydrogens (tertiary/aromatic N) is 3. The van der Waals surface area contributed by atoms with Crippen LogP contribution in [0.25, 0.3) is 105 Å². The average Bonchev–Trinajstić information content (AvgIpc) is 3.61. The fourth-order valence-electron chi connectivity index (χ4n) is 8.32. The van der Waals surface area contributed by atoms with Crippen LogP contribution in [0.4, 0.5) is 0 Å². The molecular formula is C52H33N3. The Balaban J connectivity index is 1.03. The van der Waals surface area contributed by atoms with Gasteiger partial charge in [0.25, 0.3) is 0 Å². The lowest BCUT2D eigenvalue weighted by Crippen LogP contribution is -2.02. The molecule has 0 N–H and O–H groups in total. The third-order valence-corrected chi connectivity index (χ3v) is 11.0. The lowest BCUT2D eigenvalue weighted by molar-refractivity contribution is 1.05. The van der Waals surface area contributed by atoms with Gasteiger partial charge >= 0.3 is 0 Å². The summed E-state index contributed by atoms with van der Waals surface area (Å²) in [4.78, 5) is 10.3. The molecule has 0 saturated carbocycles. The number of para-hydroxylation sites is 1. The third kappa shape index (κ3) is 5.28. The first kappa shape index (κ1) is 31.2. The molecule has 0 atom stereocenters. The zero-order chi connectivity index (χ0) is 36.3. The Hall–Kier alpha value is -7.36. The molecule has 0 aliphatic heterocycles. The van der Waals surface area contributed by atoms with Crippen LogP contribution in [0.3, 0.4) is 0 Å². The highest BCUT2D eigenvalue weighted by Crippen LogP contribution is 2.39. The van der Waals surface area contributed by atoms with Crippen molar-refractivity contribution in [2.45, 2.75) is 0 Å². The van der Waals surface area contributed by atoms with Gasteiger partial charge in [0.1, 0.15) is 5.82 Å². The molecule has 0 aliphatic rings. The third-order valence-electron chi connectivity index (χ3n) is 11.0. The predicted molar refractivity (Wildman–Crippen MR) is 231 cm³/mol. The number of aromatic nitrogens is 3. The van der Waals surface area contributed by atoms with E-state index in [0.717, 1.165) is 33.7 Å². The fraction of sp³-hybridized carbons (Fsp3) is 0. The quantitative estimate of drug-likeness (QED) is 0.179. The van der Waals surface area contributed by atoms with E-state index < -0.39 is 0 Å². The largest absolute Gasteiger partial charge is 0.294 e. The first-order valence-electron chi connectivity index (χ1n) is 18.7. The predicted octanol–water partition coefficient (Wildman–Crippen LogP) is 13.7. The summed E-state index contributed by atoms with van der Waals surface area (Å²) in [6, 6.07) is 71.6. The van der Waals surface area contributed by atoms with Crippen molar-refractivity contribution >= 4 is 54.1 Å². The van der Waals surface area contributed by atoms with Crippen LogP contribution in [0.5, 0.6) is 0 Å². The van der Waals surface area contributed by atoms with Gasteiger partial charge in [0, 0.05) is 28.0 Å². The van der Waals surface area contributed by atoms with Crippen molar-refractivity contribution < 1.29 is 0 Å². The highest BCUT2D eigenvalue weighted by Gasteiger charge is 2.18. The molecule has 2 heterocycles. The van der Waals surface area contributed by atoms with Crippen molar-refractivity contribution in [3.63, 3.8) is 0 Å². The van der Waals surface area contributed by atoms with Gasteiger partial charge in [-0.05, 0) is 84.9 Å². The van der Waals surface area contributed by atoms with Gasteiger partial charge in [-0.15, -0.1) is 0 Å². The van der Waals surface area contributed by atoms with E-state index in [9.17, 15) is 0 Å². The number of hydrogen-bond acceptors (Lipinski definition) is 2. The van der Waals surface area contributed by atoms with Crippen molar-refractivity contribution in [1.82, 2.24) is 14.5 Å². The highest BCUT2D eigenvalue weighted by molar-refractivity contribution is 6.21. The summed E-state index contributed by atoms with van der Waals surface area (Å²) in [7, 11) is 0. The summed E-state index contributed by atoms with van der Waals surface area (Å²) in [5.41, 5.74) is 10.1. The summed E-state index contributed by atoms with van der Waals surface area (Å²) in [6.07, 6.45) is 0. The van der Waals surface area contributed by atoms with Gasteiger partial charge in [-0.25, -0.2) is 9.97 Å². The lowest BCUT2D eigenvalue weighted by Gasteiger charge is -2.12. The van der Waals surface area contributed by atoms with E-state index in [-0.39, 0.29) is 0 Å². The number of hydrogen-bond donors (Lipinski definition) is 0. The molecule has 0 radical (unpaired) electrons. The van der Waals surface area contributed by atoms with Crippen molar-refractivity contribution in [2.24, 2.45) is 0 Å². The summed E-state index contributed by atoms with van der Waals surface area (Å²) in [5, 5.41) is 9.85. The van der Waals surface area contributed by atoms with Crippen molar-refractivity contribution in [2.75, 3.05) is 0 Å². The second-order valence-electron chi connectivity index (χ2n) is 14.2. The van der Waals surface area contributed by atoms with Gasteiger partial charge < -0.3 is 0 Å². The van der Waals surface area contributed by atoms with Crippen LogP contribution < -0.4 is 0 Å². The molecule has 256 valence electrons. The maximum absolute atomic E-state index is 5.22. The molecule has 11 rings (SSSR count). The Morgan fingerprint density at radius 3 is 1.76 bits per heavy atom. The molecule has 11 aromatic rings. The van der Waals surface area contributed by atoms with Crippen LogP contribution in [0, 0.1) is 0 Å². The van der Waals surface area contributed by atoms with Gasteiger partial charge in [-0.3, -0.25) is 4.57 Å². The van der Waals surface area contributed by atoms with E-state index in [2.05, 4.69) is 180 Å². The lowest BCUT2D eigenvalue weighted by atomic mass is 9.94. The maximum atomic E-state index is 5.22. The molecular weight excluding hydrogens is 667 g/mol. The molecule has 0 fully saturated rings. The Morgan fingerprint density at radius 2 is 0.945 bits per heavy atom.